The molecule has 4 fully saturated rings. The summed E-state index contributed by atoms with van der Waals surface area (Å²) in [4.78, 5) is 25.6. The second kappa shape index (κ2) is 17.7. The van der Waals surface area contributed by atoms with Crippen LogP contribution in [0.1, 0.15) is 131 Å². The number of hydrogen-bond acceptors (Lipinski definition) is 8. The lowest BCUT2D eigenvalue weighted by atomic mass is 9.85. The van der Waals surface area contributed by atoms with Gasteiger partial charge >= 0.3 is 11.9 Å². The Hall–Kier alpha value is -1.30. The molecule has 10 nitrogen and oxygen atoms in total. The zero-order valence-corrected chi connectivity index (χ0v) is 32.5. The largest absolute Gasteiger partial charge is 0.463 e. The highest BCUT2D eigenvalue weighted by Crippen LogP contribution is 2.42. The first-order valence-electron chi connectivity index (χ1n) is 20.5. The van der Waals surface area contributed by atoms with Crippen LogP contribution in [0.5, 0.6) is 0 Å². The average molecular weight is 711 g/mol. The molecule has 0 aromatic heterocycles. The highest BCUT2D eigenvalue weighted by molar-refractivity contribution is 5.81. The van der Waals surface area contributed by atoms with E-state index in [0.717, 1.165) is 25.9 Å². The number of carbonyl (C=O) groups is 2. The SMILES string of the molecule is CC(C)[C@@](O)(C(=O)OC[C@@H]1CC[N@+]2(CCCCCCCCCC[N@+]34CCC[C@H]3[C@H](COC(=O)[C@](O)(C(C)C)[C@@H](C)O)CC4)CCC[C@@H]12)[C@@H](C)O. The van der Waals surface area contributed by atoms with Crippen molar-refractivity contribution in [3.63, 3.8) is 0 Å². The molecule has 0 saturated carbocycles. The Morgan fingerprint density at radius 1 is 0.580 bits per heavy atom. The van der Waals surface area contributed by atoms with Gasteiger partial charge in [-0.25, -0.2) is 9.59 Å². The number of esters is 2. The summed E-state index contributed by atoms with van der Waals surface area (Å²) >= 11 is 0. The van der Waals surface area contributed by atoms with E-state index in [0.29, 0.717) is 37.1 Å². The van der Waals surface area contributed by atoms with Crippen molar-refractivity contribution in [3.05, 3.63) is 0 Å². The Labute approximate surface area is 303 Å². The number of nitrogens with zero attached hydrogens (tertiary/aromatic N) is 2. The average Bonchev–Trinajstić information content (AvgIpc) is 3.83. The molecule has 0 bridgehead atoms. The number of aliphatic hydroxyl groups excluding tert-OH is 2. The molecule has 0 aliphatic carbocycles. The molecular formula is C40H74N2O8+2. The molecule has 290 valence electrons. The highest BCUT2D eigenvalue weighted by Gasteiger charge is 2.54. The molecule has 4 saturated heterocycles. The molecule has 4 aliphatic rings. The minimum atomic E-state index is -1.86. The summed E-state index contributed by atoms with van der Waals surface area (Å²) in [6.45, 7) is 17.8. The van der Waals surface area contributed by atoms with Crippen molar-refractivity contribution in [2.24, 2.45) is 23.7 Å². The van der Waals surface area contributed by atoms with Crippen molar-refractivity contribution in [2.45, 2.75) is 167 Å². The maximum absolute atomic E-state index is 12.8. The lowest BCUT2D eigenvalue weighted by Gasteiger charge is -2.36. The molecule has 10 atom stereocenters. The van der Waals surface area contributed by atoms with Gasteiger partial charge in [-0.2, -0.15) is 0 Å². The molecule has 50 heavy (non-hydrogen) atoms. The molecule has 0 spiro atoms. The van der Waals surface area contributed by atoms with Crippen LogP contribution in [0.15, 0.2) is 0 Å². The number of aliphatic hydroxyl groups is 4. The van der Waals surface area contributed by atoms with Gasteiger partial charge in [-0.3, -0.25) is 0 Å². The van der Waals surface area contributed by atoms with E-state index >= 15 is 0 Å². The van der Waals surface area contributed by atoms with Crippen molar-refractivity contribution >= 4 is 11.9 Å². The number of unbranched alkanes of at least 4 members (excludes halogenated alkanes) is 7. The highest BCUT2D eigenvalue weighted by atomic mass is 16.6. The predicted octanol–water partition coefficient (Wildman–Crippen LogP) is 4.73. The van der Waals surface area contributed by atoms with Crippen LogP contribution in [0.2, 0.25) is 0 Å². The summed E-state index contributed by atoms with van der Waals surface area (Å²) in [6.07, 6.45) is 14.9. The van der Waals surface area contributed by atoms with Crippen molar-refractivity contribution in [2.75, 3.05) is 52.5 Å². The van der Waals surface area contributed by atoms with Crippen molar-refractivity contribution in [3.8, 4) is 0 Å². The van der Waals surface area contributed by atoms with Crippen LogP contribution in [0, 0.1) is 23.7 Å². The van der Waals surface area contributed by atoms with Crippen molar-refractivity contribution in [1.82, 2.24) is 0 Å². The quantitative estimate of drug-likeness (QED) is 0.0764. The van der Waals surface area contributed by atoms with Gasteiger partial charge in [-0.1, -0.05) is 53.4 Å². The predicted molar refractivity (Wildman–Crippen MR) is 194 cm³/mol. The van der Waals surface area contributed by atoms with Gasteiger partial charge in [0.25, 0.3) is 0 Å². The van der Waals surface area contributed by atoms with E-state index in [9.17, 15) is 30.0 Å². The summed E-state index contributed by atoms with van der Waals surface area (Å²) in [7, 11) is 0. The minimum Gasteiger partial charge on any atom is -0.463 e. The molecule has 0 aromatic carbocycles. The van der Waals surface area contributed by atoms with Crippen LogP contribution in [0.3, 0.4) is 0 Å². The van der Waals surface area contributed by atoms with Crippen LogP contribution in [-0.2, 0) is 19.1 Å². The fourth-order valence-corrected chi connectivity index (χ4v) is 10.7. The number of fused-ring (bicyclic) bond motifs is 2. The van der Waals surface area contributed by atoms with E-state index in [4.69, 9.17) is 9.47 Å². The summed E-state index contributed by atoms with van der Waals surface area (Å²) in [5.41, 5.74) is -3.72. The van der Waals surface area contributed by atoms with E-state index in [1.165, 1.54) is 126 Å². The summed E-state index contributed by atoms with van der Waals surface area (Å²) in [6, 6.07) is 1.09. The van der Waals surface area contributed by atoms with Gasteiger partial charge in [0.2, 0.25) is 0 Å². The van der Waals surface area contributed by atoms with Gasteiger partial charge in [-0.15, -0.1) is 0 Å². The van der Waals surface area contributed by atoms with Crippen molar-refractivity contribution in [1.29, 1.82) is 0 Å². The second-order valence-corrected chi connectivity index (χ2v) is 17.6. The van der Waals surface area contributed by atoms with Crippen LogP contribution in [-0.4, -0.2) is 129 Å². The van der Waals surface area contributed by atoms with Gasteiger partial charge < -0.3 is 38.9 Å². The smallest absolute Gasteiger partial charge is 0.341 e. The number of rotatable bonds is 21. The van der Waals surface area contributed by atoms with Crippen LogP contribution < -0.4 is 0 Å². The first-order chi connectivity index (χ1) is 23.6. The van der Waals surface area contributed by atoms with E-state index in [2.05, 4.69) is 0 Å². The third-order valence-corrected chi connectivity index (χ3v) is 14.1. The van der Waals surface area contributed by atoms with Gasteiger partial charge in [0.1, 0.15) is 13.2 Å². The van der Waals surface area contributed by atoms with Crippen LogP contribution in [0.25, 0.3) is 0 Å². The number of carbonyl (C=O) groups excluding carboxylic acids is 2. The normalized spacial score (nSPS) is 32.8. The number of ether oxygens (including phenoxy) is 2. The third-order valence-electron chi connectivity index (χ3n) is 14.1. The summed E-state index contributed by atoms with van der Waals surface area (Å²) in [5.74, 6) is -1.55. The molecule has 10 heteroatoms. The van der Waals surface area contributed by atoms with Crippen molar-refractivity contribution < 1.29 is 48.5 Å². The maximum Gasteiger partial charge on any atom is 0.341 e. The standard InChI is InChI=1S/C40H74N2O8/c1-29(2)39(47,31(5)43)37(45)49-27-33-19-25-41(23-15-17-35(33)41)21-13-11-9-7-8-10-12-14-22-42-24-16-18-36(42)34(20-26-42)28-50-38(46)40(48,30(3)4)32(6)44/h29-36,43-44,47-48H,7-28H2,1-6H3/q+2/t31-,32-,33+,34+,35+,36+,39+,40+,41-,42+/m1/s1. The topological polar surface area (TPSA) is 134 Å². The third kappa shape index (κ3) is 8.73. The summed E-state index contributed by atoms with van der Waals surface area (Å²) in [5, 5.41) is 41.8. The summed E-state index contributed by atoms with van der Waals surface area (Å²) < 4.78 is 13.7. The molecule has 0 amide bonds. The number of quaternary nitrogens is 2. The molecule has 0 unspecified atom stereocenters. The molecule has 4 aliphatic heterocycles. The van der Waals surface area contributed by atoms with E-state index in [1.807, 2.05) is 0 Å². The van der Waals surface area contributed by atoms with Gasteiger partial charge in [-0.05, 0) is 51.4 Å². The van der Waals surface area contributed by atoms with Gasteiger partial charge in [0, 0.05) is 38.5 Å². The lowest BCUT2D eigenvalue weighted by Crippen LogP contribution is -2.54. The fraction of sp³-hybridized carbons (Fsp3) is 0.950. The molecule has 4 N–H and O–H groups in total. The molecule has 0 aromatic rings. The zero-order valence-electron chi connectivity index (χ0n) is 32.5. The Morgan fingerprint density at radius 2 is 0.920 bits per heavy atom. The minimum absolute atomic E-state index is 0.337. The van der Waals surface area contributed by atoms with Gasteiger partial charge in [0.05, 0.1) is 75.4 Å². The van der Waals surface area contributed by atoms with Crippen LogP contribution in [0.4, 0.5) is 0 Å². The van der Waals surface area contributed by atoms with E-state index < -0.39 is 47.2 Å². The number of hydrogen-bond donors (Lipinski definition) is 4. The molecule has 4 rings (SSSR count). The lowest BCUT2D eigenvalue weighted by molar-refractivity contribution is -0.929. The fourth-order valence-electron chi connectivity index (χ4n) is 10.7. The Morgan fingerprint density at radius 3 is 1.24 bits per heavy atom. The Balaban J connectivity index is 1.08. The maximum atomic E-state index is 12.8. The first kappa shape index (κ1) is 41.5. The van der Waals surface area contributed by atoms with E-state index in [-0.39, 0.29) is 0 Å². The zero-order chi connectivity index (χ0) is 36.7. The van der Waals surface area contributed by atoms with E-state index in [1.54, 1.807) is 27.7 Å². The van der Waals surface area contributed by atoms with Crippen LogP contribution >= 0.6 is 0 Å². The molecular weight excluding hydrogens is 636 g/mol. The molecule has 4 heterocycles. The van der Waals surface area contributed by atoms with Gasteiger partial charge in [0.15, 0.2) is 11.2 Å². The Kier molecular flexibility index (Phi) is 14.7. The Bertz CT molecular complexity index is 997. The second-order valence-electron chi connectivity index (χ2n) is 17.6. The first-order valence-corrected chi connectivity index (χ1v) is 20.5. The molecule has 0 radical (unpaired) electrons. The monoisotopic (exact) mass is 711 g/mol.